The Morgan fingerprint density at radius 2 is 1.84 bits per heavy atom. The summed E-state index contributed by atoms with van der Waals surface area (Å²) in [7, 11) is 1.81. The van der Waals surface area contributed by atoms with Gasteiger partial charge < -0.3 is 10.4 Å². The minimum Gasteiger partial charge on any atom is -0.388 e. The van der Waals surface area contributed by atoms with Gasteiger partial charge in [0.15, 0.2) is 11.7 Å². The molecule has 0 unspecified atom stereocenters. The predicted octanol–water partition coefficient (Wildman–Crippen LogP) is 3.29. The number of hydrogen-bond acceptors (Lipinski definition) is 6. The summed E-state index contributed by atoms with van der Waals surface area (Å²) >= 11 is 0.994. The number of rotatable bonds is 5. The largest absolute Gasteiger partial charge is 0.411 e. The van der Waals surface area contributed by atoms with Crippen LogP contribution in [-0.4, -0.2) is 53.2 Å². The zero-order chi connectivity index (χ0) is 23.3. The van der Waals surface area contributed by atoms with Crippen LogP contribution in [0.3, 0.4) is 0 Å². The zero-order valence-electron chi connectivity index (χ0n) is 17.3. The number of nitrogens with zero attached hydrogens (tertiary/aromatic N) is 5. The van der Waals surface area contributed by atoms with Gasteiger partial charge in [0.05, 0.1) is 22.9 Å². The highest BCUT2D eigenvalue weighted by Gasteiger charge is 2.49. The Kier molecular flexibility index (Phi) is 5.29. The second-order valence-corrected chi connectivity index (χ2v) is 8.78. The normalized spacial score (nSPS) is 13.5. The van der Waals surface area contributed by atoms with Crippen molar-refractivity contribution in [1.82, 2.24) is 29.7 Å². The second kappa shape index (κ2) is 7.71. The molecule has 0 saturated heterocycles. The van der Waals surface area contributed by atoms with Gasteiger partial charge in [-0.3, -0.25) is 9.48 Å². The van der Waals surface area contributed by atoms with E-state index in [2.05, 4.69) is 15.2 Å². The molecule has 0 radical (unpaired) electrons. The van der Waals surface area contributed by atoms with Gasteiger partial charge in [-0.1, -0.05) is 0 Å². The number of fused-ring (bicyclic) bond motifs is 1. The number of halogens is 3. The van der Waals surface area contributed by atoms with Crippen molar-refractivity contribution in [3.05, 3.63) is 47.3 Å². The van der Waals surface area contributed by atoms with E-state index in [0.717, 1.165) is 36.3 Å². The van der Waals surface area contributed by atoms with E-state index in [1.807, 2.05) is 18.6 Å². The lowest BCUT2D eigenvalue weighted by molar-refractivity contribution is -0.192. The molecule has 168 valence electrons. The molecule has 12 heteroatoms. The smallest absolute Gasteiger partial charge is 0.388 e. The van der Waals surface area contributed by atoms with E-state index >= 15 is 0 Å². The molecule has 0 bridgehead atoms. The Morgan fingerprint density at radius 3 is 2.47 bits per heavy atom. The SMILES string of the molecule is Cn1cc(-c2cnc3c(-c4csc(C(=O)N[C@H](C(C)(C)O)C(F)(F)F)c4)cnn3c2)cn1. The third-order valence-corrected chi connectivity index (χ3v) is 5.77. The maximum atomic E-state index is 13.3. The van der Waals surface area contributed by atoms with Crippen LogP contribution >= 0.6 is 11.3 Å². The van der Waals surface area contributed by atoms with Gasteiger partial charge in [0, 0.05) is 42.3 Å². The minimum absolute atomic E-state index is 0.0739. The monoisotopic (exact) mass is 464 g/mol. The van der Waals surface area contributed by atoms with Crippen LogP contribution in [0.4, 0.5) is 13.2 Å². The molecule has 4 aromatic rings. The highest BCUT2D eigenvalue weighted by molar-refractivity contribution is 7.12. The summed E-state index contributed by atoms with van der Waals surface area (Å²) in [5.74, 6) is -0.922. The molecular weight excluding hydrogens is 445 g/mol. The molecule has 4 aromatic heterocycles. The van der Waals surface area contributed by atoms with E-state index in [-0.39, 0.29) is 4.88 Å². The number of aliphatic hydroxyl groups is 1. The van der Waals surface area contributed by atoms with Crippen LogP contribution in [0.5, 0.6) is 0 Å². The Labute approximate surface area is 184 Å². The van der Waals surface area contributed by atoms with Crippen molar-refractivity contribution in [2.75, 3.05) is 0 Å². The first-order valence-electron chi connectivity index (χ1n) is 9.45. The topological polar surface area (TPSA) is 97.3 Å². The molecule has 0 aliphatic heterocycles. The highest BCUT2D eigenvalue weighted by atomic mass is 32.1. The number of alkyl halides is 3. The van der Waals surface area contributed by atoms with Crippen molar-refractivity contribution in [2.24, 2.45) is 7.05 Å². The Balaban J connectivity index is 1.60. The van der Waals surface area contributed by atoms with Crippen molar-refractivity contribution < 1.29 is 23.1 Å². The highest BCUT2D eigenvalue weighted by Crippen LogP contribution is 2.31. The average molecular weight is 464 g/mol. The molecule has 4 heterocycles. The fourth-order valence-corrected chi connectivity index (χ4v) is 4.07. The lowest BCUT2D eigenvalue weighted by Crippen LogP contribution is -2.57. The van der Waals surface area contributed by atoms with E-state index in [4.69, 9.17) is 0 Å². The fraction of sp³-hybridized carbons (Fsp3) is 0.300. The van der Waals surface area contributed by atoms with Gasteiger partial charge in [-0.25, -0.2) is 9.50 Å². The third-order valence-electron chi connectivity index (χ3n) is 4.84. The van der Waals surface area contributed by atoms with Crippen LogP contribution in [0.15, 0.2) is 42.4 Å². The van der Waals surface area contributed by atoms with Crippen LogP contribution in [0, 0.1) is 0 Å². The molecule has 0 saturated carbocycles. The third kappa shape index (κ3) is 4.23. The lowest BCUT2D eigenvalue weighted by atomic mass is 9.98. The molecule has 0 aliphatic rings. The van der Waals surface area contributed by atoms with Gasteiger partial charge >= 0.3 is 6.18 Å². The van der Waals surface area contributed by atoms with Gasteiger partial charge in [0.25, 0.3) is 5.91 Å². The summed E-state index contributed by atoms with van der Waals surface area (Å²) in [6, 6.07) is -0.927. The van der Waals surface area contributed by atoms with Gasteiger partial charge in [-0.2, -0.15) is 23.4 Å². The van der Waals surface area contributed by atoms with Gasteiger partial charge in [0.1, 0.15) is 0 Å². The Hall–Kier alpha value is -3.25. The summed E-state index contributed by atoms with van der Waals surface area (Å²) in [4.78, 5) is 17.0. The summed E-state index contributed by atoms with van der Waals surface area (Å²) < 4.78 is 43.0. The molecule has 1 amide bonds. The number of hydrogen-bond donors (Lipinski definition) is 2. The lowest BCUT2D eigenvalue weighted by Gasteiger charge is -2.31. The number of thiophene rings is 1. The summed E-state index contributed by atoms with van der Waals surface area (Å²) in [5.41, 5.74) is 1.28. The first-order valence-corrected chi connectivity index (χ1v) is 10.3. The first-order chi connectivity index (χ1) is 14.9. The van der Waals surface area contributed by atoms with Crippen LogP contribution < -0.4 is 5.32 Å². The molecule has 32 heavy (non-hydrogen) atoms. The van der Waals surface area contributed by atoms with Crippen LogP contribution in [0.25, 0.3) is 27.9 Å². The molecular formula is C20H19F3N6O2S. The number of carbonyl (C=O) groups is 1. The number of amides is 1. The van der Waals surface area contributed by atoms with E-state index in [1.165, 1.54) is 6.07 Å². The molecule has 1 atom stereocenters. The molecule has 2 N–H and O–H groups in total. The van der Waals surface area contributed by atoms with Gasteiger partial charge in [-0.05, 0) is 30.9 Å². The van der Waals surface area contributed by atoms with E-state index < -0.39 is 23.7 Å². The maximum absolute atomic E-state index is 13.3. The summed E-state index contributed by atoms with van der Waals surface area (Å²) in [6.07, 6.45) is 3.80. The molecule has 0 aliphatic carbocycles. The summed E-state index contributed by atoms with van der Waals surface area (Å²) in [5, 5.41) is 21.8. The Morgan fingerprint density at radius 1 is 1.12 bits per heavy atom. The molecule has 0 spiro atoms. The standard InChI is InChI=1S/C20H19F3N6O2S/c1-19(2,31)18(20(21,22)23)27-17(30)15-4-11(10-32-15)14-7-26-29-9-12(5-24-16(14)29)13-6-25-28(3)8-13/h4-10,18,31H,1-3H3,(H,27,30)/t18-/m1/s1. The molecule has 4 rings (SSSR count). The maximum Gasteiger partial charge on any atom is 0.411 e. The Bertz CT molecular complexity index is 1270. The fourth-order valence-electron chi connectivity index (χ4n) is 3.26. The minimum atomic E-state index is -4.80. The zero-order valence-corrected chi connectivity index (χ0v) is 18.1. The quantitative estimate of drug-likeness (QED) is 0.473. The number of carbonyl (C=O) groups excluding carboxylic acids is 1. The van der Waals surface area contributed by atoms with Crippen molar-refractivity contribution in [3.63, 3.8) is 0 Å². The van der Waals surface area contributed by atoms with E-state index in [1.54, 1.807) is 39.4 Å². The second-order valence-electron chi connectivity index (χ2n) is 7.87. The van der Waals surface area contributed by atoms with Crippen molar-refractivity contribution >= 4 is 22.9 Å². The van der Waals surface area contributed by atoms with Gasteiger partial charge in [0.2, 0.25) is 0 Å². The average Bonchev–Trinajstić information content (AvgIpc) is 3.42. The van der Waals surface area contributed by atoms with Crippen molar-refractivity contribution in [1.29, 1.82) is 0 Å². The van der Waals surface area contributed by atoms with Crippen molar-refractivity contribution in [2.45, 2.75) is 31.7 Å². The van der Waals surface area contributed by atoms with Gasteiger partial charge in [-0.15, -0.1) is 11.3 Å². The van der Waals surface area contributed by atoms with E-state index in [9.17, 15) is 23.1 Å². The molecule has 8 nitrogen and oxygen atoms in total. The summed E-state index contributed by atoms with van der Waals surface area (Å²) in [6.45, 7) is 1.99. The first kappa shape index (κ1) is 22.0. The van der Waals surface area contributed by atoms with E-state index in [0.29, 0.717) is 16.8 Å². The number of nitrogens with one attached hydrogen (secondary N) is 1. The van der Waals surface area contributed by atoms with Crippen molar-refractivity contribution in [3.8, 4) is 22.3 Å². The molecule has 0 aromatic carbocycles. The van der Waals surface area contributed by atoms with Crippen LogP contribution in [0.2, 0.25) is 0 Å². The number of aryl methyl sites for hydroxylation is 1. The van der Waals surface area contributed by atoms with Crippen LogP contribution in [0.1, 0.15) is 23.5 Å². The molecule has 0 fully saturated rings. The number of aromatic nitrogens is 5. The van der Waals surface area contributed by atoms with Crippen LogP contribution in [-0.2, 0) is 7.05 Å². The predicted molar refractivity (Wildman–Crippen MR) is 112 cm³/mol.